The summed E-state index contributed by atoms with van der Waals surface area (Å²) in [6, 6.07) is 9.74. The van der Waals surface area contributed by atoms with Crippen LogP contribution >= 0.6 is 38.6 Å². The van der Waals surface area contributed by atoms with E-state index in [-0.39, 0.29) is 5.91 Å². The zero-order chi connectivity index (χ0) is 20.5. The molecule has 4 rings (SSSR count). The van der Waals surface area contributed by atoms with E-state index in [1.54, 1.807) is 19.3 Å². The monoisotopic (exact) mass is 487 g/mol. The Hall–Kier alpha value is -2.36. The van der Waals surface area contributed by atoms with Gasteiger partial charge in [-0.1, -0.05) is 25.2 Å². The molecule has 9 heteroatoms. The van der Waals surface area contributed by atoms with Crippen molar-refractivity contribution in [3.05, 3.63) is 51.4 Å². The van der Waals surface area contributed by atoms with Crippen molar-refractivity contribution in [1.29, 1.82) is 0 Å². The van der Waals surface area contributed by atoms with Crippen LogP contribution < -0.4 is 10.6 Å². The van der Waals surface area contributed by atoms with Crippen molar-refractivity contribution in [2.45, 2.75) is 19.8 Å². The third-order valence-corrected chi connectivity index (χ3v) is 6.95. The molecule has 3 aromatic heterocycles. The third-order valence-electron chi connectivity index (χ3n) is 4.32. The van der Waals surface area contributed by atoms with Crippen LogP contribution in [0.25, 0.3) is 20.8 Å². The van der Waals surface area contributed by atoms with Crippen molar-refractivity contribution in [3.63, 3.8) is 0 Å². The quantitative estimate of drug-likeness (QED) is 0.361. The summed E-state index contributed by atoms with van der Waals surface area (Å²) in [6.07, 6.45) is 1.69. The number of fused-ring (bicyclic) bond motifs is 1. The second kappa shape index (κ2) is 8.17. The standard InChI is InChI=1S/C20H18BrN5OS2/c1-10(2)11-8-12(21)17-16(9-11)29-20(25-17)26-18(27)15-5-4-14(28-15)13-6-7-23-19(22-3)24-13/h4-10H,1-3H3,(H,22,23,24)(H,25,26,27). The van der Waals surface area contributed by atoms with Crippen LogP contribution in [-0.2, 0) is 0 Å². The Kier molecular flexibility index (Phi) is 5.62. The van der Waals surface area contributed by atoms with E-state index in [4.69, 9.17) is 0 Å². The van der Waals surface area contributed by atoms with Crippen LogP contribution in [0.4, 0.5) is 11.1 Å². The summed E-state index contributed by atoms with van der Waals surface area (Å²) in [7, 11) is 1.77. The van der Waals surface area contributed by atoms with Crippen molar-refractivity contribution in [2.75, 3.05) is 17.7 Å². The van der Waals surface area contributed by atoms with Crippen molar-refractivity contribution in [2.24, 2.45) is 0 Å². The molecule has 0 aliphatic rings. The summed E-state index contributed by atoms with van der Waals surface area (Å²) >= 11 is 6.46. The molecule has 3 heterocycles. The first-order valence-electron chi connectivity index (χ1n) is 8.97. The van der Waals surface area contributed by atoms with Crippen molar-refractivity contribution < 1.29 is 4.79 Å². The van der Waals surface area contributed by atoms with Gasteiger partial charge in [-0.25, -0.2) is 15.0 Å². The van der Waals surface area contributed by atoms with Gasteiger partial charge in [0.1, 0.15) is 0 Å². The number of nitrogens with zero attached hydrogens (tertiary/aromatic N) is 3. The summed E-state index contributed by atoms with van der Waals surface area (Å²) in [5.41, 5.74) is 2.88. The summed E-state index contributed by atoms with van der Waals surface area (Å²) in [6.45, 7) is 4.31. The number of rotatable bonds is 5. The normalized spacial score (nSPS) is 11.2. The maximum Gasteiger partial charge on any atom is 0.267 e. The predicted octanol–water partition coefficient (Wildman–Crippen LogP) is 5.99. The Balaban J connectivity index is 1.57. The van der Waals surface area contributed by atoms with Crippen molar-refractivity contribution >= 4 is 65.8 Å². The molecule has 0 aliphatic carbocycles. The molecule has 0 atom stereocenters. The molecule has 0 fully saturated rings. The van der Waals surface area contributed by atoms with E-state index in [9.17, 15) is 4.79 Å². The molecule has 0 bridgehead atoms. The molecule has 1 aromatic carbocycles. The highest BCUT2D eigenvalue weighted by Gasteiger charge is 2.16. The summed E-state index contributed by atoms with van der Waals surface area (Å²) in [4.78, 5) is 27.4. The maximum absolute atomic E-state index is 12.7. The average Bonchev–Trinajstić information content (AvgIpc) is 3.35. The number of benzene rings is 1. The van der Waals surface area contributed by atoms with Gasteiger partial charge in [0, 0.05) is 17.7 Å². The number of hydrogen-bond donors (Lipinski definition) is 2. The second-order valence-electron chi connectivity index (χ2n) is 6.66. The van der Waals surface area contributed by atoms with Gasteiger partial charge in [-0.3, -0.25) is 10.1 Å². The molecule has 148 valence electrons. The number of amides is 1. The third kappa shape index (κ3) is 4.17. The largest absolute Gasteiger partial charge is 0.357 e. The predicted molar refractivity (Wildman–Crippen MR) is 124 cm³/mol. The van der Waals surface area contributed by atoms with Gasteiger partial charge in [-0.15, -0.1) is 11.3 Å². The van der Waals surface area contributed by atoms with Crippen LogP contribution in [0, 0.1) is 0 Å². The van der Waals surface area contributed by atoms with Crippen molar-refractivity contribution in [1.82, 2.24) is 15.0 Å². The molecular weight excluding hydrogens is 470 g/mol. The number of carbonyl (C=O) groups is 1. The smallest absolute Gasteiger partial charge is 0.267 e. The van der Waals surface area contributed by atoms with E-state index in [2.05, 4.69) is 67.5 Å². The summed E-state index contributed by atoms with van der Waals surface area (Å²) < 4.78 is 1.99. The highest BCUT2D eigenvalue weighted by Crippen LogP contribution is 2.35. The van der Waals surface area contributed by atoms with E-state index in [0.717, 1.165) is 25.3 Å². The van der Waals surface area contributed by atoms with E-state index in [0.29, 0.717) is 21.9 Å². The van der Waals surface area contributed by atoms with Crippen LogP contribution in [0.2, 0.25) is 0 Å². The molecule has 0 radical (unpaired) electrons. The fourth-order valence-corrected chi connectivity index (χ4v) is 5.27. The minimum absolute atomic E-state index is 0.177. The molecule has 0 spiro atoms. The van der Waals surface area contributed by atoms with Crippen LogP contribution in [0.3, 0.4) is 0 Å². The average molecular weight is 488 g/mol. The summed E-state index contributed by atoms with van der Waals surface area (Å²) in [5.74, 6) is 0.789. The highest BCUT2D eigenvalue weighted by molar-refractivity contribution is 9.10. The van der Waals surface area contributed by atoms with Gasteiger partial charge < -0.3 is 5.32 Å². The minimum Gasteiger partial charge on any atom is -0.357 e. The SMILES string of the molecule is CNc1nccc(-c2ccc(C(=O)Nc3nc4c(Br)cc(C(C)C)cc4s3)s2)n1. The van der Waals surface area contributed by atoms with Crippen LogP contribution in [0.5, 0.6) is 0 Å². The van der Waals surface area contributed by atoms with Crippen LogP contribution in [0.15, 0.2) is 41.0 Å². The lowest BCUT2D eigenvalue weighted by Crippen LogP contribution is -2.09. The van der Waals surface area contributed by atoms with E-state index >= 15 is 0 Å². The van der Waals surface area contributed by atoms with Crippen LogP contribution in [0.1, 0.15) is 35.0 Å². The fourth-order valence-electron chi connectivity index (χ4n) is 2.77. The molecule has 0 unspecified atom stereocenters. The van der Waals surface area contributed by atoms with E-state index in [1.807, 2.05) is 12.1 Å². The number of halogens is 1. The first-order valence-corrected chi connectivity index (χ1v) is 11.4. The Labute approximate surface area is 184 Å². The molecule has 2 N–H and O–H groups in total. The number of thiazole rings is 1. The molecule has 6 nitrogen and oxygen atoms in total. The van der Waals surface area contributed by atoms with Gasteiger partial charge in [-0.2, -0.15) is 0 Å². The molecule has 29 heavy (non-hydrogen) atoms. The van der Waals surface area contributed by atoms with E-state index < -0.39 is 0 Å². The zero-order valence-electron chi connectivity index (χ0n) is 16.0. The first-order chi connectivity index (χ1) is 13.9. The lowest BCUT2D eigenvalue weighted by molar-refractivity contribution is 0.103. The van der Waals surface area contributed by atoms with Gasteiger partial charge >= 0.3 is 0 Å². The molecule has 0 saturated carbocycles. The lowest BCUT2D eigenvalue weighted by atomic mass is 10.0. The van der Waals surface area contributed by atoms with E-state index in [1.165, 1.54) is 28.2 Å². The maximum atomic E-state index is 12.7. The summed E-state index contributed by atoms with van der Waals surface area (Å²) in [5, 5.41) is 6.43. The molecular formula is C20H18BrN5OS2. The molecule has 0 saturated heterocycles. The molecule has 0 aliphatic heterocycles. The highest BCUT2D eigenvalue weighted by atomic mass is 79.9. The minimum atomic E-state index is -0.177. The number of aromatic nitrogens is 3. The fraction of sp³-hybridized carbons (Fsp3) is 0.200. The molecule has 1 amide bonds. The van der Waals surface area contributed by atoms with Gasteiger partial charge in [0.25, 0.3) is 5.91 Å². The van der Waals surface area contributed by atoms with Gasteiger partial charge in [0.2, 0.25) is 5.95 Å². The number of hydrogen-bond acceptors (Lipinski definition) is 7. The topological polar surface area (TPSA) is 79.8 Å². The van der Waals surface area contributed by atoms with Crippen LogP contribution in [-0.4, -0.2) is 27.9 Å². The number of nitrogens with one attached hydrogen (secondary N) is 2. The molecule has 4 aromatic rings. The number of carbonyl (C=O) groups excluding carboxylic acids is 1. The van der Waals surface area contributed by atoms with Gasteiger partial charge in [0.15, 0.2) is 5.13 Å². The van der Waals surface area contributed by atoms with Gasteiger partial charge in [0.05, 0.1) is 25.7 Å². The Morgan fingerprint density at radius 2 is 1.97 bits per heavy atom. The lowest BCUT2D eigenvalue weighted by Gasteiger charge is -2.05. The number of anilines is 2. The van der Waals surface area contributed by atoms with Gasteiger partial charge in [-0.05, 0) is 57.7 Å². The Morgan fingerprint density at radius 3 is 2.72 bits per heavy atom. The zero-order valence-corrected chi connectivity index (χ0v) is 19.2. The van der Waals surface area contributed by atoms with Crippen molar-refractivity contribution in [3.8, 4) is 10.6 Å². The number of thiophene rings is 1. The Morgan fingerprint density at radius 1 is 1.14 bits per heavy atom. The first kappa shape index (κ1) is 19.9. The second-order valence-corrected chi connectivity index (χ2v) is 9.63. The Bertz CT molecular complexity index is 1200.